The molecule has 0 atom stereocenters. The number of aryl methyl sites for hydroxylation is 2. The molecule has 43 heavy (non-hydrogen) atoms. The van der Waals surface area contributed by atoms with Crippen molar-refractivity contribution in [1.82, 2.24) is 0 Å². The Hall–Kier alpha value is -4.56. The lowest BCUT2D eigenvalue weighted by atomic mass is 9.91. The Bertz CT molecular complexity index is 1650. The van der Waals surface area contributed by atoms with Crippen LogP contribution in [0.25, 0.3) is 10.8 Å². The minimum Gasteiger partial charge on any atom is -0.311 e. The smallest absolute Gasteiger partial charge is 0.0470 e. The fraction of sp³-hybridized carbons (Fsp3) is 0.220. The van der Waals surface area contributed by atoms with Crippen molar-refractivity contribution >= 4 is 33.5 Å². The first-order valence-corrected chi connectivity index (χ1v) is 15.5. The first-order valence-electron chi connectivity index (χ1n) is 15.5. The van der Waals surface area contributed by atoms with Crippen LogP contribution in [0.15, 0.2) is 140 Å². The first-order chi connectivity index (χ1) is 20.9. The summed E-state index contributed by atoms with van der Waals surface area (Å²) in [5, 5.41) is 2.58. The molecule has 0 unspecified atom stereocenters. The van der Waals surface area contributed by atoms with Gasteiger partial charge in [0.1, 0.15) is 0 Å². The van der Waals surface area contributed by atoms with Crippen LogP contribution in [0, 0.1) is 6.92 Å². The average Bonchev–Trinajstić information content (AvgIpc) is 3.01. The quantitative estimate of drug-likeness (QED) is 0.157. The average molecular weight is 567 g/mol. The summed E-state index contributed by atoms with van der Waals surface area (Å²) >= 11 is 0. The predicted octanol–water partition coefficient (Wildman–Crippen LogP) is 12.2. The minimum atomic E-state index is 0.325. The van der Waals surface area contributed by atoms with Gasteiger partial charge < -0.3 is 9.80 Å². The van der Waals surface area contributed by atoms with E-state index in [0.717, 1.165) is 47.0 Å². The summed E-state index contributed by atoms with van der Waals surface area (Å²) < 4.78 is 0. The number of fused-ring (bicyclic) bond motifs is 1. The number of allylic oxidation sites excluding steroid dienone is 6. The highest BCUT2D eigenvalue weighted by atomic mass is 15.2. The van der Waals surface area contributed by atoms with Gasteiger partial charge >= 0.3 is 0 Å². The normalized spacial score (nSPS) is 12.3. The number of rotatable bonds is 12. The Morgan fingerprint density at radius 1 is 0.767 bits per heavy atom. The second-order valence-corrected chi connectivity index (χ2v) is 11.2. The Morgan fingerprint density at radius 3 is 1.98 bits per heavy atom. The molecule has 0 saturated heterocycles. The van der Waals surface area contributed by atoms with Crippen molar-refractivity contribution in [2.75, 3.05) is 9.80 Å². The zero-order valence-electron chi connectivity index (χ0n) is 26.8. The van der Waals surface area contributed by atoms with Crippen molar-refractivity contribution in [3.63, 3.8) is 0 Å². The van der Waals surface area contributed by atoms with E-state index in [4.69, 9.17) is 0 Å². The molecule has 0 amide bonds. The highest BCUT2D eigenvalue weighted by Gasteiger charge is 2.20. The molecule has 0 heterocycles. The molecular formula is C41H46N2. The summed E-state index contributed by atoms with van der Waals surface area (Å²) in [7, 11) is 0. The van der Waals surface area contributed by atoms with E-state index in [0.29, 0.717) is 5.92 Å². The van der Waals surface area contributed by atoms with Crippen LogP contribution >= 0.6 is 0 Å². The number of hydrogen-bond acceptors (Lipinski definition) is 2. The lowest BCUT2D eigenvalue weighted by Crippen LogP contribution is -2.17. The maximum Gasteiger partial charge on any atom is 0.0470 e. The second kappa shape index (κ2) is 14.6. The van der Waals surface area contributed by atoms with Gasteiger partial charge in [0.2, 0.25) is 0 Å². The standard InChI is InChI=1S/C41H46N2/c1-9-17-33(13-5)42(35-20-15-14-16-21-35)37-26-32(12-4)40-28-38(27-39(30(6)7)41(40)29-37)43(34(18-10-2)19-11-3)36-24-22-31(8)23-25-36/h10-11,13-30H,2,5,9,12H2,1,3-4,6-8H3/b19-11-,33-17+,34-18+. The lowest BCUT2D eigenvalue weighted by molar-refractivity contribution is 0.875. The van der Waals surface area contributed by atoms with Crippen LogP contribution in [0.2, 0.25) is 0 Å². The van der Waals surface area contributed by atoms with Gasteiger partial charge in [-0.3, -0.25) is 0 Å². The molecule has 220 valence electrons. The summed E-state index contributed by atoms with van der Waals surface area (Å²) in [5.74, 6) is 0.325. The second-order valence-electron chi connectivity index (χ2n) is 11.2. The van der Waals surface area contributed by atoms with Crippen molar-refractivity contribution in [1.29, 1.82) is 0 Å². The van der Waals surface area contributed by atoms with Crippen molar-refractivity contribution in [2.24, 2.45) is 0 Å². The van der Waals surface area contributed by atoms with Gasteiger partial charge in [-0.05, 0) is 121 Å². The molecule has 0 spiro atoms. The third-order valence-corrected chi connectivity index (χ3v) is 7.75. The SMILES string of the molecule is C=C/C=C(\C=C/C)N(c1ccc(C)cc1)c1cc(C(C)C)c2cc(N(/C(C=C)=C/CC)c3ccccc3)cc(CC)c2c1. The molecule has 2 nitrogen and oxygen atoms in total. The van der Waals surface area contributed by atoms with Gasteiger partial charge in [0, 0.05) is 34.1 Å². The van der Waals surface area contributed by atoms with Crippen LogP contribution in [-0.4, -0.2) is 0 Å². The largest absolute Gasteiger partial charge is 0.311 e. The fourth-order valence-electron chi connectivity index (χ4n) is 5.70. The van der Waals surface area contributed by atoms with Crippen LogP contribution in [0.1, 0.15) is 63.6 Å². The molecule has 0 aliphatic rings. The zero-order chi connectivity index (χ0) is 30.9. The van der Waals surface area contributed by atoms with Crippen LogP contribution in [0.4, 0.5) is 22.7 Å². The highest BCUT2D eigenvalue weighted by molar-refractivity contribution is 5.97. The number of hydrogen-bond donors (Lipinski definition) is 0. The molecule has 0 aliphatic carbocycles. The monoisotopic (exact) mass is 566 g/mol. The molecule has 0 saturated carbocycles. The van der Waals surface area contributed by atoms with Gasteiger partial charge in [-0.1, -0.05) is 95.0 Å². The molecule has 4 aromatic carbocycles. The van der Waals surface area contributed by atoms with E-state index in [2.05, 4.69) is 168 Å². The predicted molar refractivity (Wildman–Crippen MR) is 191 cm³/mol. The molecular weight excluding hydrogens is 520 g/mol. The number of anilines is 4. The van der Waals surface area contributed by atoms with E-state index < -0.39 is 0 Å². The number of para-hydroxylation sites is 1. The summed E-state index contributed by atoms with van der Waals surface area (Å²) in [6.07, 6.45) is 14.2. The Kier molecular flexibility index (Phi) is 10.6. The Morgan fingerprint density at radius 2 is 1.40 bits per heavy atom. The van der Waals surface area contributed by atoms with Gasteiger partial charge in [0.15, 0.2) is 0 Å². The van der Waals surface area contributed by atoms with Gasteiger partial charge in [-0.2, -0.15) is 0 Å². The van der Waals surface area contributed by atoms with Crippen molar-refractivity contribution in [3.05, 3.63) is 157 Å². The molecule has 0 aliphatic heterocycles. The van der Waals surface area contributed by atoms with Gasteiger partial charge in [-0.25, -0.2) is 0 Å². The molecule has 0 fully saturated rings. The van der Waals surface area contributed by atoms with E-state index in [1.165, 1.54) is 27.5 Å². The first kappa shape index (κ1) is 31.4. The minimum absolute atomic E-state index is 0.325. The molecule has 0 N–H and O–H groups in total. The van der Waals surface area contributed by atoms with Crippen molar-refractivity contribution < 1.29 is 0 Å². The van der Waals surface area contributed by atoms with E-state index in [1.54, 1.807) is 0 Å². The van der Waals surface area contributed by atoms with Crippen LogP contribution in [0.5, 0.6) is 0 Å². The fourth-order valence-corrected chi connectivity index (χ4v) is 5.70. The van der Waals surface area contributed by atoms with Crippen LogP contribution in [0.3, 0.4) is 0 Å². The Balaban J connectivity index is 2.05. The van der Waals surface area contributed by atoms with Gasteiger partial charge in [0.05, 0.1) is 0 Å². The van der Waals surface area contributed by atoms with Crippen LogP contribution < -0.4 is 9.80 Å². The van der Waals surface area contributed by atoms with Gasteiger partial charge in [-0.15, -0.1) is 0 Å². The molecule has 0 radical (unpaired) electrons. The topological polar surface area (TPSA) is 6.48 Å². The maximum absolute atomic E-state index is 4.18. The molecule has 4 rings (SSSR count). The zero-order valence-corrected chi connectivity index (χ0v) is 26.8. The van der Waals surface area contributed by atoms with E-state index in [-0.39, 0.29) is 0 Å². The third kappa shape index (κ3) is 6.92. The third-order valence-electron chi connectivity index (χ3n) is 7.75. The van der Waals surface area contributed by atoms with E-state index in [9.17, 15) is 0 Å². The van der Waals surface area contributed by atoms with E-state index >= 15 is 0 Å². The lowest BCUT2D eigenvalue weighted by Gasteiger charge is -2.30. The van der Waals surface area contributed by atoms with Gasteiger partial charge in [0.25, 0.3) is 0 Å². The number of nitrogens with zero attached hydrogens (tertiary/aromatic N) is 2. The summed E-state index contributed by atoms with van der Waals surface area (Å²) in [6, 6.07) is 28.8. The van der Waals surface area contributed by atoms with E-state index in [1.807, 2.05) is 12.2 Å². The maximum atomic E-state index is 4.18. The highest BCUT2D eigenvalue weighted by Crippen LogP contribution is 2.41. The Labute approximate surface area is 259 Å². The van der Waals surface area contributed by atoms with Crippen molar-refractivity contribution in [2.45, 2.75) is 60.3 Å². The molecule has 2 heteroatoms. The summed E-state index contributed by atoms with van der Waals surface area (Å²) in [5.41, 5.74) is 10.6. The molecule has 0 aromatic heterocycles. The molecule has 4 aromatic rings. The van der Waals surface area contributed by atoms with Crippen LogP contribution in [-0.2, 0) is 6.42 Å². The molecule has 0 bridgehead atoms. The number of benzene rings is 4. The van der Waals surface area contributed by atoms with Crippen molar-refractivity contribution in [3.8, 4) is 0 Å². The summed E-state index contributed by atoms with van der Waals surface area (Å²) in [6.45, 7) is 21.4. The summed E-state index contributed by atoms with van der Waals surface area (Å²) in [4.78, 5) is 4.68.